The summed E-state index contributed by atoms with van der Waals surface area (Å²) in [5, 5.41) is 15.1. The highest BCUT2D eigenvalue weighted by Gasteiger charge is 2.34. The number of nitriles is 1. The fourth-order valence-corrected chi connectivity index (χ4v) is 4.10. The quantitative estimate of drug-likeness (QED) is 0.522. The molecule has 2 aliphatic heterocycles. The normalized spacial score (nSPS) is 21.3. The summed E-state index contributed by atoms with van der Waals surface area (Å²) in [7, 11) is 0. The van der Waals surface area contributed by atoms with Crippen molar-refractivity contribution in [3.63, 3.8) is 0 Å². The monoisotopic (exact) mass is 429 g/mol. The highest BCUT2D eigenvalue weighted by Crippen LogP contribution is 2.19. The zero-order valence-electron chi connectivity index (χ0n) is 18.5. The molecule has 3 rings (SSSR count). The number of carbonyl (C=O) groups excluding carboxylic acids is 1. The molecule has 8 heteroatoms. The zero-order valence-corrected chi connectivity index (χ0v) is 18.5. The number of nitrogens with one attached hydrogen (secondary N) is 2. The molecular weight excluding hydrogens is 394 g/mol. The molecule has 31 heavy (non-hydrogen) atoms. The molecule has 170 valence electrons. The summed E-state index contributed by atoms with van der Waals surface area (Å²) < 4.78 is 11.3. The van der Waals surface area contributed by atoms with E-state index < -0.39 is 0 Å². The molecule has 0 aromatic heterocycles. The van der Waals surface area contributed by atoms with Crippen LogP contribution in [0.15, 0.2) is 24.3 Å². The first-order valence-corrected chi connectivity index (χ1v) is 11.4. The molecule has 2 atom stereocenters. The van der Waals surface area contributed by atoms with Crippen molar-refractivity contribution in [1.29, 1.82) is 5.26 Å². The van der Waals surface area contributed by atoms with Crippen molar-refractivity contribution in [2.75, 3.05) is 64.3 Å². The van der Waals surface area contributed by atoms with Gasteiger partial charge in [-0.3, -0.25) is 9.80 Å². The van der Waals surface area contributed by atoms with Gasteiger partial charge in [-0.2, -0.15) is 5.26 Å². The van der Waals surface area contributed by atoms with Gasteiger partial charge in [0.1, 0.15) is 0 Å². The summed E-state index contributed by atoms with van der Waals surface area (Å²) in [6.45, 7) is 9.67. The van der Waals surface area contributed by atoms with E-state index in [4.69, 9.17) is 14.7 Å². The average molecular weight is 430 g/mol. The minimum atomic E-state index is -0.317. The van der Waals surface area contributed by atoms with Crippen LogP contribution in [0.2, 0.25) is 0 Å². The number of hydrogen-bond donors (Lipinski definition) is 2. The lowest BCUT2D eigenvalue weighted by atomic mass is 10.1. The Morgan fingerprint density at radius 2 is 1.77 bits per heavy atom. The Kier molecular flexibility index (Phi) is 9.40. The second kappa shape index (κ2) is 12.5. The number of rotatable bonds is 11. The molecule has 1 aromatic rings. The van der Waals surface area contributed by atoms with Crippen LogP contribution >= 0.6 is 0 Å². The topological polar surface area (TPSA) is 89.9 Å². The smallest absolute Gasteiger partial charge is 0.407 e. The van der Waals surface area contributed by atoms with Gasteiger partial charge in [-0.25, -0.2) is 4.79 Å². The number of anilines is 1. The number of ether oxygens (including phenoxy) is 2. The minimum absolute atomic E-state index is 0.232. The van der Waals surface area contributed by atoms with Gasteiger partial charge < -0.3 is 20.1 Å². The summed E-state index contributed by atoms with van der Waals surface area (Å²) in [6.07, 6.45) is 3.14. The van der Waals surface area contributed by atoms with E-state index >= 15 is 0 Å². The summed E-state index contributed by atoms with van der Waals surface area (Å²) in [5.41, 5.74) is 1.73. The molecule has 2 fully saturated rings. The van der Waals surface area contributed by atoms with Crippen molar-refractivity contribution in [1.82, 2.24) is 15.1 Å². The molecule has 0 spiro atoms. The van der Waals surface area contributed by atoms with Crippen LogP contribution in [0.1, 0.15) is 31.7 Å². The van der Waals surface area contributed by atoms with Crippen molar-refractivity contribution in [2.45, 2.75) is 38.4 Å². The molecule has 2 heterocycles. The van der Waals surface area contributed by atoms with E-state index in [2.05, 4.69) is 33.4 Å². The highest BCUT2D eigenvalue weighted by atomic mass is 16.5. The molecule has 2 aliphatic rings. The maximum Gasteiger partial charge on any atom is 0.407 e. The first-order valence-electron chi connectivity index (χ1n) is 11.4. The van der Waals surface area contributed by atoms with Gasteiger partial charge in [-0.1, -0.05) is 13.3 Å². The van der Waals surface area contributed by atoms with Gasteiger partial charge in [-0.15, -0.1) is 0 Å². The SMILES string of the molecule is CCCCOC(=O)NCCN1CC2CN(CCCNc3ccc(C#N)cc3)CC(C1)O2. The second-order valence-corrected chi connectivity index (χ2v) is 8.28. The number of alkyl carbamates (subject to hydrolysis) is 1. The van der Waals surface area contributed by atoms with E-state index in [9.17, 15) is 4.79 Å². The van der Waals surface area contributed by atoms with Crippen LogP contribution in [0.25, 0.3) is 0 Å². The molecule has 1 aromatic carbocycles. The van der Waals surface area contributed by atoms with Crippen LogP contribution in [-0.2, 0) is 9.47 Å². The number of benzene rings is 1. The van der Waals surface area contributed by atoms with Crippen LogP contribution in [0, 0.1) is 11.3 Å². The molecule has 1 amide bonds. The number of fused-ring (bicyclic) bond motifs is 2. The Labute approximate surface area is 185 Å². The van der Waals surface area contributed by atoms with E-state index in [0.717, 1.165) is 70.8 Å². The van der Waals surface area contributed by atoms with Gasteiger partial charge in [0.15, 0.2) is 0 Å². The molecule has 0 aliphatic carbocycles. The molecule has 2 unspecified atom stereocenters. The van der Waals surface area contributed by atoms with Gasteiger partial charge >= 0.3 is 6.09 Å². The van der Waals surface area contributed by atoms with Crippen molar-refractivity contribution in [3.05, 3.63) is 29.8 Å². The van der Waals surface area contributed by atoms with Crippen molar-refractivity contribution in [2.24, 2.45) is 0 Å². The van der Waals surface area contributed by atoms with Gasteiger partial charge in [-0.05, 0) is 37.1 Å². The van der Waals surface area contributed by atoms with Gasteiger partial charge in [0.2, 0.25) is 0 Å². The Morgan fingerprint density at radius 3 is 2.42 bits per heavy atom. The van der Waals surface area contributed by atoms with E-state index in [1.807, 2.05) is 24.3 Å². The maximum absolute atomic E-state index is 11.6. The summed E-state index contributed by atoms with van der Waals surface area (Å²) >= 11 is 0. The van der Waals surface area contributed by atoms with Gasteiger partial charge in [0, 0.05) is 58.0 Å². The summed E-state index contributed by atoms with van der Waals surface area (Å²) in [6, 6.07) is 9.71. The number of hydrogen-bond acceptors (Lipinski definition) is 7. The van der Waals surface area contributed by atoms with Crippen molar-refractivity contribution < 1.29 is 14.3 Å². The van der Waals surface area contributed by atoms with Crippen LogP contribution in [0.4, 0.5) is 10.5 Å². The Balaban J connectivity index is 1.28. The highest BCUT2D eigenvalue weighted by molar-refractivity contribution is 5.67. The molecule has 8 nitrogen and oxygen atoms in total. The number of unbranched alkanes of at least 4 members (excludes halogenated alkanes) is 1. The predicted molar refractivity (Wildman–Crippen MR) is 120 cm³/mol. The van der Waals surface area contributed by atoms with E-state index in [-0.39, 0.29) is 18.3 Å². The molecule has 0 saturated carbocycles. The Bertz CT molecular complexity index is 707. The van der Waals surface area contributed by atoms with Crippen molar-refractivity contribution in [3.8, 4) is 6.07 Å². The fraction of sp³-hybridized carbons (Fsp3) is 0.652. The number of nitrogens with zero attached hydrogens (tertiary/aromatic N) is 3. The van der Waals surface area contributed by atoms with Crippen LogP contribution in [0.3, 0.4) is 0 Å². The van der Waals surface area contributed by atoms with E-state index in [0.29, 0.717) is 18.7 Å². The van der Waals surface area contributed by atoms with Gasteiger partial charge in [0.05, 0.1) is 30.4 Å². The summed E-state index contributed by atoms with van der Waals surface area (Å²) in [5.74, 6) is 0. The lowest BCUT2D eigenvalue weighted by Gasteiger charge is -2.46. The Hall–Kier alpha value is -2.34. The molecular formula is C23H35N5O3. The largest absolute Gasteiger partial charge is 0.450 e. The number of carbonyl (C=O) groups is 1. The fourth-order valence-electron chi connectivity index (χ4n) is 4.10. The molecule has 0 radical (unpaired) electrons. The maximum atomic E-state index is 11.6. The zero-order chi connectivity index (χ0) is 21.9. The second-order valence-electron chi connectivity index (χ2n) is 8.28. The van der Waals surface area contributed by atoms with E-state index in [1.165, 1.54) is 0 Å². The minimum Gasteiger partial charge on any atom is -0.450 e. The standard InChI is InChI=1S/C23H35N5O3/c1-2-3-13-30-23(29)26-10-12-28-17-21-15-27(16-22(18-28)31-21)11-4-9-25-20-7-5-19(14-24)6-8-20/h5-8,21-22,25H,2-4,9-13,15-18H2,1H3,(H,26,29). The van der Waals surface area contributed by atoms with Crippen molar-refractivity contribution >= 4 is 11.8 Å². The Morgan fingerprint density at radius 1 is 1.10 bits per heavy atom. The third-order valence-corrected chi connectivity index (χ3v) is 5.65. The lowest BCUT2D eigenvalue weighted by Crippen LogP contribution is -2.60. The van der Waals surface area contributed by atoms with Crippen LogP contribution < -0.4 is 10.6 Å². The van der Waals surface area contributed by atoms with Crippen LogP contribution in [0.5, 0.6) is 0 Å². The average Bonchev–Trinajstić information content (AvgIpc) is 2.77. The van der Waals surface area contributed by atoms with E-state index in [1.54, 1.807) is 0 Å². The molecule has 2 N–H and O–H groups in total. The number of amides is 1. The first-order chi connectivity index (χ1) is 15.2. The molecule has 2 saturated heterocycles. The third-order valence-electron chi connectivity index (χ3n) is 5.65. The third kappa shape index (κ3) is 8.02. The summed E-state index contributed by atoms with van der Waals surface area (Å²) in [4.78, 5) is 16.5. The van der Waals surface area contributed by atoms with Gasteiger partial charge in [0.25, 0.3) is 0 Å². The van der Waals surface area contributed by atoms with Crippen LogP contribution in [-0.4, -0.2) is 87.1 Å². The molecule has 2 bridgehead atoms. The lowest BCUT2D eigenvalue weighted by molar-refractivity contribution is -0.137. The first kappa shape index (κ1) is 23.3. The number of morpholine rings is 2. The predicted octanol–water partition coefficient (Wildman–Crippen LogP) is 2.27.